The van der Waals surface area contributed by atoms with E-state index in [9.17, 15) is 5.11 Å². The molecule has 1 heterocycles. The average molecular weight is 227 g/mol. The van der Waals surface area contributed by atoms with Gasteiger partial charge >= 0.3 is 0 Å². The lowest BCUT2D eigenvalue weighted by molar-refractivity contribution is 0.0382. The minimum Gasteiger partial charge on any atom is -0.389 e. The molecule has 0 fully saturated rings. The van der Waals surface area contributed by atoms with Crippen molar-refractivity contribution in [3.8, 4) is 0 Å². The van der Waals surface area contributed by atoms with Crippen molar-refractivity contribution in [2.24, 2.45) is 0 Å². The summed E-state index contributed by atoms with van der Waals surface area (Å²) in [6.45, 7) is 8.62. The summed E-state index contributed by atoms with van der Waals surface area (Å²) in [4.78, 5) is 2.29. The number of aliphatic hydroxyl groups is 1. The summed E-state index contributed by atoms with van der Waals surface area (Å²) in [5, 5.41) is 14.0. The highest BCUT2D eigenvalue weighted by molar-refractivity contribution is 7.07. The lowest BCUT2D eigenvalue weighted by Crippen LogP contribution is -2.39. The Hall–Kier alpha value is -0.380. The van der Waals surface area contributed by atoms with Gasteiger partial charge in [-0.2, -0.15) is 11.3 Å². The standard InChI is InChI=1S/C12H21NOS/c1-4-13(10-12(2,3)14)7-5-11-6-8-15-9-11/h6,8-9,14H,4-5,7,10H2,1-3H3. The molecule has 0 saturated heterocycles. The van der Waals surface area contributed by atoms with Crippen LogP contribution in [-0.2, 0) is 6.42 Å². The Kier molecular flexibility index (Phi) is 4.77. The summed E-state index contributed by atoms with van der Waals surface area (Å²) in [5.41, 5.74) is 0.805. The van der Waals surface area contributed by atoms with Gasteiger partial charge < -0.3 is 10.0 Å². The quantitative estimate of drug-likeness (QED) is 0.806. The highest BCUT2D eigenvalue weighted by Gasteiger charge is 2.16. The molecule has 1 aromatic heterocycles. The Morgan fingerprint density at radius 2 is 2.20 bits per heavy atom. The molecule has 1 N–H and O–H groups in total. The Labute approximate surface area is 96.5 Å². The monoisotopic (exact) mass is 227 g/mol. The molecule has 0 spiro atoms. The van der Waals surface area contributed by atoms with Crippen LogP contribution in [0.4, 0.5) is 0 Å². The number of likely N-dealkylation sites (N-methyl/N-ethyl adjacent to an activating group) is 1. The predicted octanol–water partition coefficient (Wildman–Crippen LogP) is 2.38. The van der Waals surface area contributed by atoms with Crippen molar-refractivity contribution in [2.75, 3.05) is 19.6 Å². The summed E-state index contributed by atoms with van der Waals surface area (Å²) in [7, 11) is 0. The van der Waals surface area contributed by atoms with Gasteiger partial charge in [0.15, 0.2) is 0 Å². The summed E-state index contributed by atoms with van der Waals surface area (Å²) in [5.74, 6) is 0. The van der Waals surface area contributed by atoms with Crippen LogP contribution in [0.2, 0.25) is 0 Å². The molecule has 0 atom stereocenters. The van der Waals surface area contributed by atoms with Crippen LogP contribution in [-0.4, -0.2) is 35.2 Å². The van der Waals surface area contributed by atoms with Gasteiger partial charge in [0.05, 0.1) is 5.60 Å². The first-order valence-corrected chi connectivity index (χ1v) is 6.41. The summed E-state index contributed by atoms with van der Waals surface area (Å²) < 4.78 is 0. The number of hydrogen-bond donors (Lipinski definition) is 1. The molecule has 0 aromatic carbocycles. The summed E-state index contributed by atoms with van der Waals surface area (Å²) in [6, 6.07) is 2.17. The normalized spacial score (nSPS) is 12.3. The van der Waals surface area contributed by atoms with Gasteiger partial charge in [0.25, 0.3) is 0 Å². The van der Waals surface area contributed by atoms with Gasteiger partial charge in [-0.05, 0) is 49.2 Å². The first-order valence-electron chi connectivity index (χ1n) is 5.47. The lowest BCUT2D eigenvalue weighted by atomic mass is 10.1. The summed E-state index contributed by atoms with van der Waals surface area (Å²) in [6.07, 6.45) is 1.08. The number of rotatable bonds is 6. The zero-order chi connectivity index (χ0) is 11.3. The summed E-state index contributed by atoms with van der Waals surface area (Å²) >= 11 is 1.74. The van der Waals surface area contributed by atoms with Crippen LogP contribution >= 0.6 is 11.3 Å². The van der Waals surface area contributed by atoms with E-state index in [2.05, 4.69) is 28.7 Å². The Balaban J connectivity index is 2.34. The van der Waals surface area contributed by atoms with Crippen molar-refractivity contribution in [1.82, 2.24) is 4.90 Å². The van der Waals surface area contributed by atoms with E-state index in [1.54, 1.807) is 11.3 Å². The third-order valence-corrected chi connectivity index (χ3v) is 3.09. The van der Waals surface area contributed by atoms with Crippen LogP contribution in [0.3, 0.4) is 0 Å². The van der Waals surface area contributed by atoms with Crippen molar-refractivity contribution in [3.63, 3.8) is 0 Å². The maximum Gasteiger partial charge on any atom is 0.0718 e. The number of hydrogen-bond acceptors (Lipinski definition) is 3. The van der Waals surface area contributed by atoms with Gasteiger partial charge in [-0.25, -0.2) is 0 Å². The van der Waals surface area contributed by atoms with Crippen molar-refractivity contribution >= 4 is 11.3 Å². The Morgan fingerprint density at radius 1 is 1.47 bits per heavy atom. The van der Waals surface area contributed by atoms with E-state index in [-0.39, 0.29) is 0 Å². The minimum atomic E-state index is -0.593. The Bertz CT molecular complexity index is 264. The van der Waals surface area contributed by atoms with Gasteiger partial charge in [0.2, 0.25) is 0 Å². The van der Waals surface area contributed by atoms with Crippen LogP contribution in [0.15, 0.2) is 16.8 Å². The smallest absolute Gasteiger partial charge is 0.0718 e. The Morgan fingerprint density at radius 3 is 2.67 bits per heavy atom. The van der Waals surface area contributed by atoms with Crippen molar-refractivity contribution < 1.29 is 5.11 Å². The van der Waals surface area contributed by atoms with Gasteiger partial charge in [-0.1, -0.05) is 6.92 Å². The first-order chi connectivity index (χ1) is 7.01. The molecule has 15 heavy (non-hydrogen) atoms. The van der Waals surface area contributed by atoms with Crippen LogP contribution < -0.4 is 0 Å². The molecule has 0 radical (unpaired) electrons. The maximum absolute atomic E-state index is 9.74. The highest BCUT2D eigenvalue weighted by atomic mass is 32.1. The van der Waals surface area contributed by atoms with E-state index in [1.807, 2.05) is 13.8 Å². The first kappa shape index (κ1) is 12.7. The second-order valence-electron chi connectivity index (χ2n) is 4.56. The fraction of sp³-hybridized carbons (Fsp3) is 0.667. The molecule has 1 rings (SSSR count). The van der Waals surface area contributed by atoms with Crippen molar-refractivity contribution in [3.05, 3.63) is 22.4 Å². The molecule has 3 heteroatoms. The second-order valence-corrected chi connectivity index (χ2v) is 5.34. The molecule has 2 nitrogen and oxygen atoms in total. The zero-order valence-electron chi connectivity index (χ0n) is 9.86. The van der Waals surface area contributed by atoms with Gasteiger partial charge in [-0.15, -0.1) is 0 Å². The molecule has 0 aliphatic carbocycles. The van der Waals surface area contributed by atoms with Gasteiger partial charge in [0.1, 0.15) is 0 Å². The zero-order valence-corrected chi connectivity index (χ0v) is 10.7. The topological polar surface area (TPSA) is 23.5 Å². The van der Waals surface area contributed by atoms with E-state index in [1.165, 1.54) is 5.56 Å². The molecular formula is C12H21NOS. The number of thiophene rings is 1. The molecule has 0 aliphatic heterocycles. The molecule has 0 aliphatic rings. The molecular weight excluding hydrogens is 206 g/mol. The van der Waals surface area contributed by atoms with E-state index in [0.29, 0.717) is 0 Å². The fourth-order valence-electron chi connectivity index (χ4n) is 1.62. The van der Waals surface area contributed by atoms with E-state index in [4.69, 9.17) is 0 Å². The van der Waals surface area contributed by atoms with Gasteiger partial charge in [0, 0.05) is 13.1 Å². The van der Waals surface area contributed by atoms with Crippen LogP contribution in [0.1, 0.15) is 26.3 Å². The highest BCUT2D eigenvalue weighted by Crippen LogP contribution is 2.09. The molecule has 0 saturated carbocycles. The van der Waals surface area contributed by atoms with Crippen LogP contribution in [0.5, 0.6) is 0 Å². The van der Waals surface area contributed by atoms with E-state index < -0.39 is 5.60 Å². The molecule has 0 bridgehead atoms. The van der Waals surface area contributed by atoms with Crippen LogP contribution in [0.25, 0.3) is 0 Å². The van der Waals surface area contributed by atoms with Gasteiger partial charge in [-0.3, -0.25) is 0 Å². The number of nitrogens with zero attached hydrogens (tertiary/aromatic N) is 1. The predicted molar refractivity (Wildman–Crippen MR) is 66.4 cm³/mol. The molecule has 1 aromatic rings. The molecule has 0 amide bonds. The third kappa shape index (κ3) is 5.30. The van der Waals surface area contributed by atoms with E-state index >= 15 is 0 Å². The maximum atomic E-state index is 9.74. The molecule has 86 valence electrons. The second kappa shape index (κ2) is 5.64. The van der Waals surface area contributed by atoms with Crippen molar-refractivity contribution in [2.45, 2.75) is 32.8 Å². The van der Waals surface area contributed by atoms with Crippen LogP contribution in [0, 0.1) is 0 Å². The lowest BCUT2D eigenvalue weighted by Gasteiger charge is -2.27. The SMILES string of the molecule is CCN(CCc1ccsc1)CC(C)(C)O. The average Bonchev–Trinajstić information content (AvgIpc) is 2.62. The molecule has 0 unspecified atom stereocenters. The minimum absolute atomic E-state index is 0.593. The largest absolute Gasteiger partial charge is 0.389 e. The van der Waals surface area contributed by atoms with E-state index in [0.717, 1.165) is 26.1 Å². The third-order valence-electron chi connectivity index (χ3n) is 2.35. The fourth-order valence-corrected chi connectivity index (χ4v) is 2.32. The van der Waals surface area contributed by atoms with Crippen molar-refractivity contribution in [1.29, 1.82) is 0 Å².